The van der Waals surface area contributed by atoms with E-state index in [1.54, 1.807) is 24.3 Å². The highest BCUT2D eigenvalue weighted by Gasteiger charge is 2.24. The maximum atomic E-state index is 10.9. The van der Waals surface area contributed by atoms with Crippen molar-refractivity contribution in [1.29, 1.82) is 0 Å². The van der Waals surface area contributed by atoms with Crippen LogP contribution in [0.4, 0.5) is 5.69 Å². The van der Waals surface area contributed by atoms with Gasteiger partial charge >= 0.3 is 5.69 Å². The van der Waals surface area contributed by atoms with Crippen molar-refractivity contribution in [2.75, 3.05) is 0 Å². The predicted molar refractivity (Wildman–Crippen MR) is 73.6 cm³/mol. The summed E-state index contributed by atoms with van der Waals surface area (Å²) in [6, 6.07) is 10.3. The summed E-state index contributed by atoms with van der Waals surface area (Å²) in [6.45, 7) is 0. The van der Waals surface area contributed by atoms with Gasteiger partial charge in [0.2, 0.25) is 0 Å². The number of nitro groups is 1. The highest BCUT2D eigenvalue weighted by Crippen LogP contribution is 2.44. The molecule has 0 aliphatic rings. The van der Waals surface area contributed by atoms with E-state index in [1.165, 1.54) is 6.07 Å². The number of hydrogen-bond donors (Lipinski definition) is 0. The zero-order valence-electron chi connectivity index (χ0n) is 8.86. The summed E-state index contributed by atoms with van der Waals surface area (Å²) in [6.07, 6.45) is 0. The number of halogens is 3. The minimum absolute atomic E-state index is 0.0521. The second-order valence-corrected chi connectivity index (χ2v) is 4.69. The Hall–Kier alpha value is -1.29. The van der Waals surface area contributed by atoms with Crippen LogP contribution in [0.3, 0.4) is 0 Å². The second-order valence-electron chi connectivity index (χ2n) is 3.50. The molecule has 18 heavy (non-hydrogen) atoms. The lowest BCUT2D eigenvalue weighted by molar-refractivity contribution is -0.384. The third-order valence-corrected chi connectivity index (χ3v) is 3.35. The fourth-order valence-corrected chi connectivity index (χ4v) is 2.74. The van der Waals surface area contributed by atoms with Crippen molar-refractivity contribution in [2.24, 2.45) is 0 Å². The van der Waals surface area contributed by atoms with Crippen LogP contribution in [0.25, 0.3) is 11.1 Å². The molecule has 0 aliphatic carbocycles. The summed E-state index contributed by atoms with van der Waals surface area (Å²) >= 11 is 17.9. The third kappa shape index (κ3) is 2.29. The normalized spacial score (nSPS) is 10.4. The molecule has 0 heterocycles. The van der Waals surface area contributed by atoms with Gasteiger partial charge in [0.15, 0.2) is 0 Å². The van der Waals surface area contributed by atoms with Gasteiger partial charge < -0.3 is 0 Å². The molecule has 0 N–H and O–H groups in total. The monoisotopic (exact) mass is 301 g/mol. The molecule has 0 saturated heterocycles. The average Bonchev–Trinajstić information content (AvgIpc) is 2.28. The van der Waals surface area contributed by atoms with Gasteiger partial charge in [-0.1, -0.05) is 65.1 Å². The van der Waals surface area contributed by atoms with Crippen LogP contribution in [0.2, 0.25) is 15.1 Å². The SMILES string of the molecule is O=[N+]([O-])c1c(Cl)cc(Cl)c(-c2ccccc2)c1Cl. The van der Waals surface area contributed by atoms with Gasteiger partial charge in [-0.05, 0) is 11.6 Å². The van der Waals surface area contributed by atoms with Crippen LogP contribution >= 0.6 is 34.8 Å². The fourth-order valence-electron chi connectivity index (χ4n) is 1.62. The van der Waals surface area contributed by atoms with Crippen LogP contribution in [0.1, 0.15) is 0 Å². The molecule has 0 fully saturated rings. The Morgan fingerprint density at radius 1 is 1.00 bits per heavy atom. The van der Waals surface area contributed by atoms with Crippen molar-refractivity contribution >= 4 is 40.5 Å². The maximum Gasteiger partial charge on any atom is 0.307 e. The number of hydrogen-bond acceptors (Lipinski definition) is 2. The van der Waals surface area contributed by atoms with Gasteiger partial charge in [0.1, 0.15) is 10.0 Å². The first-order chi connectivity index (χ1) is 8.52. The molecule has 92 valence electrons. The molecule has 0 amide bonds. The topological polar surface area (TPSA) is 43.1 Å². The summed E-state index contributed by atoms with van der Waals surface area (Å²) in [4.78, 5) is 10.3. The Morgan fingerprint density at radius 3 is 2.17 bits per heavy atom. The molecule has 0 spiro atoms. The molecule has 0 atom stereocenters. The average molecular weight is 303 g/mol. The minimum Gasteiger partial charge on any atom is -0.258 e. The molecule has 2 rings (SSSR count). The quantitative estimate of drug-likeness (QED) is 0.563. The Kier molecular flexibility index (Phi) is 3.76. The van der Waals surface area contributed by atoms with Gasteiger partial charge in [0, 0.05) is 5.56 Å². The van der Waals surface area contributed by atoms with Gasteiger partial charge in [-0.15, -0.1) is 0 Å². The Morgan fingerprint density at radius 2 is 1.61 bits per heavy atom. The zero-order chi connectivity index (χ0) is 13.3. The van der Waals surface area contributed by atoms with Crippen LogP contribution in [0.5, 0.6) is 0 Å². The fraction of sp³-hybridized carbons (Fsp3) is 0. The largest absolute Gasteiger partial charge is 0.307 e. The second kappa shape index (κ2) is 5.14. The third-order valence-electron chi connectivity index (χ3n) is 2.39. The lowest BCUT2D eigenvalue weighted by atomic mass is 10.0. The summed E-state index contributed by atoms with van der Waals surface area (Å²) < 4.78 is 0. The van der Waals surface area contributed by atoms with Gasteiger partial charge in [-0.3, -0.25) is 10.1 Å². The number of nitro benzene ring substituents is 1. The van der Waals surface area contributed by atoms with E-state index >= 15 is 0 Å². The molecule has 2 aromatic carbocycles. The van der Waals surface area contributed by atoms with E-state index in [1.807, 2.05) is 6.07 Å². The molecule has 0 aliphatic heterocycles. The van der Waals surface area contributed by atoms with E-state index < -0.39 is 4.92 Å². The highest BCUT2D eigenvalue weighted by atomic mass is 35.5. The molecule has 0 bridgehead atoms. The van der Waals surface area contributed by atoms with Crippen molar-refractivity contribution < 1.29 is 4.92 Å². The van der Waals surface area contributed by atoms with Crippen LogP contribution in [-0.4, -0.2) is 4.92 Å². The molecule has 0 radical (unpaired) electrons. The number of benzene rings is 2. The van der Waals surface area contributed by atoms with Gasteiger partial charge in [0.05, 0.1) is 9.95 Å². The first-order valence-corrected chi connectivity index (χ1v) is 6.03. The lowest BCUT2D eigenvalue weighted by Gasteiger charge is -2.08. The van der Waals surface area contributed by atoms with Crippen LogP contribution in [-0.2, 0) is 0 Å². The summed E-state index contributed by atoms with van der Waals surface area (Å²) in [7, 11) is 0. The minimum atomic E-state index is -0.618. The van der Waals surface area contributed by atoms with Crippen molar-refractivity contribution in [3.63, 3.8) is 0 Å². The van der Waals surface area contributed by atoms with Gasteiger partial charge in [-0.2, -0.15) is 0 Å². The van der Waals surface area contributed by atoms with Crippen LogP contribution in [0.15, 0.2) is 36.4 Å². The van der Waals surface area contributed by atoms with E-state index in [9.17, 15) is 10.1 Å². The van der Waals surface area contributed by atoms with Crippen LogP contribution < -0.4 is 0 Å². The Bertz CT molecular complexity index is 614. The Labute approximate surface area is 118 Å². The van der Waals surface area contributed by atoms with Crippen molar-refractivity contribution in [2.45, 2.75) is 0 Å². The lowest BCUT2D eigenvalue weighted by Crippen LogP contribution is -1.93. The first kappa shape index (κ1) is 13.1. The molecular formula is C12H6Cl3NO2. The zero-order valence-corrected chi connectivity index (χ0v) is 11.1. The standard InChI is InChI=1S/C12H6Cl3NO2/c13-8-6-9(14)12(16(17)18)11(15)10(8)7-4-2-1-3-5-7/h1-6H. The summed E-state index contributed by atoms with van der Waals surface area (Å²) in [5.41, 5.74) is 0.781. The first-order valence-electron chi connectivity index (χ1n) is 4.89. The molecule has 3 nitrogen and oxygen atoms in total. The molecule has 0 saturated carbocycles. The predicted octanol–water partition coefficient (Wildman–Crippen LogP) is 5.22. The van der Waals surface area contributed by atoms with E-state index in [4.69, 9.17) is 34.8 Å². The number of rotatable bonds is 2. The highest BCUT2D eigenvalue weighted by molar-refractivity contribution is 6.44. The van der Waals surface area contributed by atoms with E-state index in [-0.39, 0.29) is 20.8 Å². The van der Waals surface area contributed by atoms with Gasteiger partial charge in [0.25, 0.3) is 0 Å². The van der Waals surface area contributed by atoms with E-state index in [2.05, 4.69) is 0 Å². The smallest absolute Gasteiger partial charge is 0.258 e. The molecule has 0 aromatic heterocycles. The Balaban J connectivity index is 2.76. The summed E-state index contributed by atoms with van der Waals surface area (Å²) in [5.74, 6) is 0. The van der Waals surface area contributed by atoms with E-state index in [0.29, 0.717) is 11.1 Å². The van der Waals surface area contributed by atoms with Gasteiger partial charge in [-0.25, -0.2) is 0 Å². The van der Waals surface area contributed by atoms with Crippen molar-refractivity contribution in [3.05, 3.63) is 61.6 Å². The molecular weight excluding hydrogens is 296 g/mol. The van der Waals surface area contributed by atoms with Crippen molar-refractivity contribution in [1.82, 2.24) is 0 Å². The van der Waals surface area contributed by atoms with Crippen LogP contribution in [0, 0.1) is 10.1 Å². The molecule has 6 heteroatoms. The number of nitrogens with zero attached hydrogens (tertiary/aromatic N) is 1. The summed E-state index contributed by atoms with van der Waals surface area (Å²) in [5, 5.41) is 11.1. The molecule has 0 unspecified atom stereocenters. The molecule has 2 aromatic rings. The van der Waals surface area contributed by atoms with Crippen molar-refractivity contribution in [3.8, 4) is 11.1 Å². The van der Waals surface area contributed by atoms with E-state index in [0.717, 1.165) is 0 Å². The maximum absolute atomic E-state index is 10.9.